The molecule has 1 heterocycles. The van der Waals surface area contributed by atoms with Gasteiger partial charge in [-0.2, -0.15) is 5.10 Å². The molecule has 0 atom stereocenters. The largest absolute Gasteiger partial charge is 0.351 e. The van der Waals surface area contributed by atoms with Crippen LogP contribution < -0.4 is 10.9 Å². The molecule has 0 unspecified atom stereocenters. The number of hydrogen-bond donors (Lipinski definition) is 1. The molecular formula is C13H17N3O2. The van der Waals surface area contributed by atoms with Crippen LogP contribution in [0.2, 0.25) is 0 Å². The van der Waals surface area contributed by atoms with Crippen LogP contribution in [-0.4, -0.2) is 22.2 Å². The first-order chi connectivity index (χ1) is 8.70. The van der Waals surface area contributed by atoms with E-state index < -0.39 is 0 Å². The smallest absolute Gasteiger partial charge is 0.267 e. The first-order valence-corrected chi connectivity index (χ1v) is 6.18. The highest BCUT2D eigenvalue weighted by Crippen LogP contribution is 2.16. The van der Waals surface area contributed by atoms with Crippen molar-refractivity contribution in [2.75, 3.05) is 6.54 Å². The Balaban J connectivity index is 2.15. The lowest BCUT2D eigenvalue weighted by molar-refractivity contribution is -0.121. The molecule has 0 spiro atoms. The van der Waals surface area contributed by atoms with E-state index in [1.54, 1.807) is 12.1 Å². The van der Waals surface area contributed by atoms with Crippen LogP contribution in [-0.2, 0) is 24.2 Å². The Hall–Kier alpha value is -1.91. The topological polar surface area (TPSA) is 64.0 Å². The molecule has 1 aliphatic rings. The quantitative estimate of drug-likeness (QED) is 0.784. The van der Waals surface area contributed by atoms with Gasteiger partial charge < -0.3 is 5.32 Å². The SMILES string of the molecule is C=CCNC(=O)Cn1nc2c(cc1=O)CCCC2. The molecular weight excluding hydrogens is 230 g/mol. The third-order valence-electron chi connectivity index (χ3n) is 3.01. The van der Waals surface area contributed by atoms with Crippen molar-refractivity contribution in [3.63, 3.8) is 0 Å². The number of aryl methyl sites for hydroxylation is 2. The molecule has 0 fully saturated rings. The second-order valence-electron chi connectivity index (χ2n) is 4.41. The fourth-order valence-corrected chi connectivity index (χ4v) is 2.09. The number of nitrogens with one attached hydrogen (secondary N) is 1. The van der Waals surface area contributed by atoms with Gasteiger partial charge in [0, 0.05) is 12.6 Å². The van der Waals surface area contributed by atoms with Crippen LogP contribution >= 0.6 is 0 Å². The molecule has 0 bridgehead atoms. The molecule has 1 amide bonds. The van der Waals surface area contributed by atoms with E-state index >= 15 is 0 Å². The molecule has 5 nitrogen and oxygen atoms in total. The summed E-state index contributed by atoms with van der Waals surface area (Å²) in [4.78, 5) is 23.3. The maximum Gasteiger partial charge on any atom is 0.267 e. The van der Waals surface area contributed by atoms with Gasteiger partial charge in [0.1, 0.15) is 6.54 Å². The molecule has 5 heteroatoms. The standard InChI is InChI=1S/C13H17N3O2/c1-2-7-14-12(17)9-16-13(18)8-10-5-3-4-6-11(10)15-16/h2,8H,1,3-7,9H2,(H,14,17). The Morgan fingerprint density at radius 2 is 2.28 bits per heavy atom. The van der Waals surface area contributed by atoms with E-state index in [9.17, 15) is 9.59 Å². The molecule has 0 aromatic carbocycles. The van der Waals surface area contributed by atoms with Crippen molar-refractivity contribution in [1.82, 2.24) is 15.1 Å². The first kappa shape index (κ1) is 12.5. The number of aromatic nitrogens is 2. The van der Waals surface area contributed by atoms with E-state index in [-0.39, 0.29) is 18.0 Å². The summed E-state index contributed by atoms with van der Waals surface area (Å²) in [7, 11) is 0. The Morgan fingerprint density at radius 3 is 3.06 bits per heavy atom. The van der Waals surface area contributed by atoms with Gasteiger partial charge in [0.15, 0.2) is 0 Å². The maximum absolute atomic E-state index is 11.8. The highest BCUT2D eigenvalue weighted by Gasteiger charge is 2.14. The van der Waals surface area contributed by atoms with E-state index in [4.69, 9.17) is 0 Å². The minimum atomic E-state index is -0.222. The van der Waals surface area contributed by atoms with Crippen molar-refractivity contribution in [2.24, 2.45) is 0 Å². The number of hydrogen-bond acceptors (Lipinski definition) is 3. The molecule has 1 aliphatic carbocycles. The first-order valence-electron chi connectivity index (χ1n) is 6.18. The summed E-state index contributed by atoms with van der Waals surface area (Å²) in [6.45, 7) is 3.89. The summed E-state index contributed by atoms with van der Waals surface area (Å²) in [5.41, 5.74) is 1.79. The van der Waals surface area contributed by atoms with Crippen molar-refractivity contribution >= 4 is 5.91 Å². The van der Waals surface area contributed by atoms with Gasteiger partial charge in [-0.1, -0.05) is 6.08 Å². The molecule has 0 aliphatic heterocycles. The summed E-state index contributed by atoms with van der Waals surface area (Å²) < 4.78 is 1.24. The van der Waals surface area contributed by atoms with E-state index in [1.165, 1.54) is 4.68 Å². The predicted octanol–water partition coefficient (Wildman–Crippen LogP) is 0.424. The van der Waals surface area contributed by atoms with Crippen LogP contribution in [0, 0.1) is 0 Å². The highest BCUT2D eigenvalue weighted by molar-refractivity contribution is 5.75. The van der Waals surface area contributed by atoms with Crippen molar-refractivity contribution in [3.8, 4) is 0 Å². The van der Waals surface area contributed by atoms with Crippen molar-refractivity contribution < 1.29 is 4.79 Å². The fraction of sp³-hybridized carbons (Fsp3) is 0.462. The van der Waals surface area contributed by atoms with Gasteiger partial charge in [-0.25, -0.2) is 4.68 Å². The van der Waals surface area contributed by atoms with Crippen LogP contribution in [0.3, 0.4) is 0 Å². The highest BCUT2D eigenvalue weighted by atomic mass is 16.2. The van der Waals surface area contributed by atoms with Crippen LogP contribution in [0.4, 0.5) is 0 Å². The third-order valence-corrected chi connectivity index (χ3v) is 3.01. The van der Waals surface area contributed by atoms with Crippen molar-refractivity contribution in [2.45, 2.75) is 32.2 Å². The van der Waals surface area contributed by atoms with Crippen LogP contribution in [0.5, 0.6) is 0 Å². The number of nitrogens with zero attached hydrogens (tertiary/aromatic N) is 2. The van der Waals surface area contributed by atoms with Crippen LogP contribution in [0.1, 0.15) is 24.1 Å². The average molecular weight is 247 g/mol. The number of rotatable bonds is 4. The zero-order chi connectivity index (χ0) is 13.0. The summed E-state index contributed by atoms with van der Waals surface area (Å²) in [6.07, 6.45) is 5.62. The van der Waals surface area contributed by atoms with Gasteiger partial charge in [-0.3, -0.25) is 9.59 Å². The molecule has 1 N–H and O–H groups in total. The number of carbonyl (C=O) groups is 1. The van der Waals surface area contributed by atoms with Gasteiger partial charge in [0.05, 0.1) is 5.69 Å². The molecule has 0 saturated carbocycles. The van der Waals surface area contributed by atoms with Crippen LogP contribution in [0.15, 0.2) is 23.5 Å². The second kappa shape index (κ2) is 5.62. The minimum absolute atomic E-state index is 0.0278. The fourth-order valence-electron chi connectivity index (χ4n) is 2.09. The van der Waals surface area contributed by atoms with E-state index in [0.717, 1.165) is 36.9 Å². The van der Waals surface area contributed by atoms with Gasteiger partial charge in [0.2, 0.25) is 5.91 Å². The lowest BCUT2D eigenvalue weighted by Gasteiger charge is -2.15. The molecule has 0 radical (unpaired) electrons. The molecule has 96 valence electrons. The van der Waals surface area contributed by atoms with E-state index in [1.807, 2.05) is 0 Å². The summed E-state index contributed by atoms with van der Waals surface area (Å²) in [5, 5.41) is 6.91. The number of carbonyl (C=O) groups excluding carboxylic acids is 1. The molecule has 1 aromatic rings. The summed E-state index contributed by atoms with van der Waals surface area (Å²) in [5.74, 6) is -0.222. The third kappa shape index (κ3) is 2.85. The zero-order valence-electron chi connectivity index (χ0n) is 10.3. The van der Waals surface area contributed by atoms with Gasteiger partial charge in [-0.05, 0) is 31.2 Å². The molecule has 18 heavy (non-hydrogen) atoms. The minimum Gasteiger partial charge on any atom is -0.351 e. The monoisotopic (exact) mass is 247 g/mol. The van der Waals surface area contributed by atoms with Crippen molar-refractivity contribution in [1.29, 1.82) is 0 Å². The lowest BCUT2D eigenvalue weighted by Crippen LogP contribution is -2.34. The van der Waals surface area contributed by atoms with Gasteiger partial charge in [-0.15, -0.1) is 6.58 Å². The molecule has 0 saturated heterocycles. The lowest BCUT2D eigenvalue weighted by atomic mass is 9.97. The molecule has 1 aromatic heterocycles. The Morgan fingerprint density at radius 1 is 1.50 bits per heavy atom. The number of fused-ring (bicyclic) bond motifs is 1. The van der Waals surface area contributed by atoms with Gasteiger partial charge >= 0.3 is 0 Å². The van der Waals surface area contributed by atoms with E-state index in [0.29, 0.717) is 6.54 Å². The normalized spacial score (nSPS) is 13.8. The number of amides is 1. The average Bonchev–Trinajstić information content (AvgIpc) is 2.37. The Bertz CT molecular complexity index is 519. The summed E-state index contributed by atoms with van der Waals surface area (Å²) in [6, 6.07) is 1.61. The van der Waals surface area contributed by atoms with Crippen LogP contribution in [0.25, 0.3) is 0 Å². The second-order valence-corrected chi connectivity index (χ2v) is 4.41. The Labute approximate surface area is 106 Å². The van der Waals surface area contributed by atoms with Crippen molar-refractivity contribution in [3.05, 3.63) is 40.3 Å². The maximum atomic E-state index is 11.8. The Kier molecular flexibility index (Phi) is 3.92. The predicted molar refractivity (Wildman–Crippen MR) is 68.3 cm³/mol. The van der Waals surface area contributed by atoms with Gasteiger partial charge in [0.25, 0.3) is 5.56 Å². The molecule has 2 rings (SSSR count). The summed E-state index contributed by atoms with van der Waals surface area (Å²) >= 11 is 0. The van der Waals surface area contributed by atoms with E-state index in [2.05, 4.69) is 17.0 Å². The zero-order valence-corrected chi connectivity index (χ0v) is 10.3.